The fourth-order valence-corrected chi connectivity index (χ4v) is 17.7. The van der Waals surface area contributed by atoms with E-state index in [1.807, 2.05) is 209 Å². The van der Waals surface area contributed by atoms with Gasteiger partial charge < -0.3 is 46.8 Å². The van der Waals surface area contributed by atoms with Gasteiger partial charge in [-0.25, -0.2) is 44.3 Å². The molecule has 12 aromatic heterocycles. The van der Waals surface area contributed by atoms with Crippen LogP contribution in [0.1, 0.15) is 171 Å². The molecule has 4 atom stereocenters. The molecule has 0 aliphatic rings. The first-order valence-corrected chi connectivity index (χ1v) is 44.7. The van der Waals surface area contributed by atoms with Gasteiger partial charge in [-0.3, -0.25) is 37.5 Å². The molecule has 12 heterocycles. The molecule has 129 heavy (non-hydrogen) atoms. The van der Waals surface area contributed by atoms with Gasteiger partial charge in [0.2, 0.25) is 0 Å². The van der Waals surface area contributed by atoms with E-state index < -0.39 is 11.7 Å². The number of nitrogens with zero attached hydrogens (tertiary/aromatic N) is 17. The molecular weight excluding hydrogens is 1850 g/mol. The summed E-state index contributed by atoms with van der Waals surface area (Å²) in [6.07, 6.45) is 20.6. The quantitative estimate of drug-likeness (QED) is 0.0490. The topological polar surface area (TPSA) is 317 Å². The zero-order chi connectivity index (χ0) is 93.2. The summed E-state index contributed by atoms with van der Waals surface area (Å²) in [6, 6.07) is 23.1. The first kappa shape index (κ1) is 94.9. The molecule has 34 heteroatoms. The number of fused-ring (bicyclic) bond motifs is 4. The lowest BCUT2D eigenvalue weighted by Gasteiger charge is -2.23. The van der Waals surface area contributed by atoms with E-state index in [0.29, 0.717) is 112 Å². The van der Waals surface area contributed by atoms with Gasteiger partial charge in [0.15, 0.2) is 44.5 Å². The third-order valence-corrected chi connectivity index (χ3v) is 24.9. The number of nitrogen functional groups attached to an aromatic ring is 4. The molecular formula is C95H96BrCl7FN21O4. The van der Waals surface area contributed by atoms with Crippen LogP contribution < -0.4 is 41.9 Å². The van der Waals surface area contributed by atoms with Crippen LogP contribution in [-0.2, 0) is 0 Å². The fraction of sp³-hybridized carbons (Fsp3) is 0.263. The minimum Gasteiger partial charge on any atom is -0.493 e. The summed E-state index contributed by atoms with van der Waals surface area (Å²) in [5.41, 5.74) is 43.5. The minimum absolute atomic E-state index is 0.0436. The van der Waals surface area contributed by atoms with E-state index >= 15 is 4.39 Å². The van der Waals surface area contributed by atoms with Gasteiger partial charge in [0.05, 0.1) is 47.9 Å². The van der Waals surface area contributed by atoms with E-state index in [0.717, 1.165) is 130 Å². The predicted octanol–water partition coefficient (Wildman–Crippen LogP) is 23.9. The van der Waals surface area contributed by atoms with Gasteiger partial charge in [-0.1, -0.05) is 140 Å². The van der Waals surface area contributed by atoms with Crippen LogP contribution in [0.3, 0.4) is 0 Å². The van der Waals surface area contributed by atoms with E-state index in [9.17, 15) is 0 Å². The van der Waals surface area contributed by atoms with Crippen LogP contribution >= 0.6 is 97.1 Å². The lowest BCUT2D eigenvalue weighted by molar-refractivity contribution is 0.239. The Kier molecular flexibility index (Phi) is 29.5. The number of imidazole rings is 4. The van der Waals surface area contributed by atoms with E-state index in [1.54, 1.807) is 72.2 Å². The molecule has 0 saturated carbocycles. The highest BCUT2D eigenvalue weighted by atomic mass is 79.9. The van der Waals surface area contributed by atoms with Gasteiger partial charge in [0.25, 0.3) is 0 Å². The highest BCUT2D eigenvalue weighted by molar-refractivity contribution is 9.10. The number of aryl methyl sites for hydroxylation is 3. The van der Waals surface area contributed by atoms with Gasteiger partial charge in [0.1, 0.15) is 73.0 Å². The number of aromatic nitrogens is 16. The third kappa shape index (κ3) is 19.2. The second-order valence-electron chi connectivity index (χ2n) is 31.2. The van der Waals surface area contributed by atoms with Crippen LogP contribution in [0.2, 0.25) is 35.5 Å². The molecule has 0 amide bonds. The van der Waals surface area contributed by atoms with E-state index in [4.69, 9.17) is 128 Å². The van der Waals surface area contributed by atoms with E-state index in [-0.39, 0.29) is 45.4 Å². The van der Waals surface area contributed by atoms with Crippen molar-refractivity contribution < 1.29 is 23.3 Å². The molecule has 0 bridgehead atoms. The highest BCUT2D eigenvalue weighted by Crippen LogP contribution is 2.51. The van der Waals surface area contributed by atoms with Gasteiger partial charge >= 0.3 is 0 Å². The average molecular weight is 1940 g/mol. The lowest BCUT2D eigenvalue weighted by atomic mass is 9.91. The Morgan fingerprint density at radius 2 is 0.705 bits per heavy atom. The number of nitrogens with two attached hydrogens (primary N) is 4. The Bertz CT molecular complexity index is 6420. The van der Waals surface area contributed by atoms with Gasteiger partial charge in [0, 0.05) is 205 Å². The Hall–Kier alpha value is -11.7. The van der Waals surface area contributed by atoms with Crippen molar-refractivity contribution in [1.29, 1.82) is 0 Å². The standard InChI is InChI=1S/C26H27Cl2FN6O.C23H23BrClN5O.2C23H23Cl2N5O/c1-13(2)36-23-17(14(3)26-33-24(28)22-25(30)31-9-10-35(22)26)11-18(27)21(29)20(23)16-7-8-19(32-12-16)15(4)34(5)6;1-5-31-20-16(10-17(25)14(4)18(20)15-7-6-12(2)28-11-15)13(3)23-29-21(24)19-22(26)27-8-9-30(19)23;2*1-5-31-20-16(10-17(24)14(4)18(20)15-7-6-12(2)28-11-15)13(3)23-29-21(25)19-22(26)27-8-9-30(19)23/h7-14H,4H2,1-3,5-6H3,(H2,30,31);3*6-11,13H,5H2,1-4H3,(H2,26,27)/t14-;3*13-/m0110/s1. The number of hydrogen-bond donors (Lipinski definition) is 4. The molecule has 0 spiro atoms. The van der Waals surface area contributed by atoms with Gasteiger partial charge in [-0.15, -0.1) is 0 Å². The number of rotatable bonds is 22. The second-order valence-corrected chi connectivity index (χ2v) is 34.6. The van der Waals surface area contributed by atoms with E-state index in [1.165, 1.54) is 0 Å². The monoisotopic (exact) mass is 1940 g/mol. The van der Waals surface area contributed by atoms with Crippen molar-refractivity contribution in [2.24, 2.45) is 0 Å². The van der Waals surface area contributed by atoms with Crippen molar-refractivity contribution in [3.63, 3.8) is 0 Å². The Balaban J connectivity index is 0.000000147. The van der Waals surface area contributed by atoms with Crippen LogP contribution in [0.25, 0.3) is 72.3 Å². The van der Waals surface area contributed by atoms with Crippen LogP contribution in [0.4, 0.5) is 27.7 Å². The Morgan fingerprint density at radius 1 is 0.411 bits per heavy atom. The maximum atomic E-state index is 15.6. The molecule has 16 rings (SSSR count). The molecule has 668 valence electrons. The smallest absolute Gasteiger partial charge is 0.158 e. The molecule has 0 aliphatic heterocycles. The normalized spacial score (nSPS) is 12.3. The Labute approximate surface area is 790 Å². The molecule has 0 fully saturated rings. The third-order valence-electron chi connectivity index (χ3n) is 22.1. The summed E-state index contributed by atoms with van der Waals surface area (Å²) < 4.78 is 48.5. The van der Waals surface area contributed by atoms with Crippen LogP contribution in [0, 0.1) is 47.4 Å². The maximum absolute atomic E-state index is 15.6. The Morgan fingerprint density at radius 3 is 1.01 bits per heavy atom. The maximum Gasteiger partial charge on any atom is 0.158 e. The summed E-state index contributed by atoms with van der Waals surface area (Å²) >= 11 is 49.2. The summed E-state index contributed by atoms with van der Waals surface area (Å²) in [7, 11) is 3.76. The van der Waals surface area contributed by atoms with Crippen molar-refractivity contribution in [2.75, 3.05) is 56.9 Å². The summed E-state index contributed by atoms with van der Waals surface area (Å²) in [4.78, 5) is 54.7. The van der Waals surface area contributed by atoms with Crippen molar-refractivity contribution in [3.8, 4) is 67.5 Å². The molecule has 16 aromatic rings. The van der Waals surface area contributed by atoms with Gasteiger partial charge in [-0.05, 0) is 157 Å². The SMILES string of the molecule is C=C(c1ccc(-c2c(F)c(Cl)cc([C@H](C)c3nc(Cl)c4c(N)nccn34)c2OC(C)C)cn1)N(C)C.CCOc1c([C@@H](C)c2nc(Br)c3c(N)nccn23)cc(Cl)c(C)c1-c1ccc(C)nc1.CCOc1c([C@@H](C)c2nc(Cl)c3c(N)nccn23)cc(Cl)c(C)c1-c1ccc(C)nc1.CCOc1c([C@H](C)c2nc(Cl)c3c(N)nccn23)cc(Cl)c(C)c1-c1ccc(C)nc1. The number of hydrogen-bond acceptors (Lipinski definition) is 21. The minimum atomic E-state index is -0.594. The number of ether oxygens (including phenoxy) is 4. The van der Waals surface area contributed by atoms with Crippen LogP contribution in [0.5, 0.6) is 23.0 Å². The largest absolute Gasteiger partial charge is 0.493 e. The molecule has 0 radical (unpaired) electrons. The first-order valence-electron chi connectivity index (χ1n) is 41.3. The summed E-state index contributed by atoms with van der Waals surface area (Å²) in [6.45, 7) is 35.2. The zero-order valence-electron chi connectivity index (χ0n) is 74.0. The average Bonchev–Trinajstić information content (AvgIpc) is 1.74. The van der Waals surface area contributed by atoms with Crippen molar-refractivity contribution in [3.05, 3.63) is 285 Å². The van der Waals surface area contributed by atoms with Crippen molar-refractivity contribution in [2.45, 2.75) is 134 Å². The van der Waals surface area contributed by atoms with Crippen LogP contribution in [0.15, 0.2) is 158 Å². The molecule has 0 saturated heterocycles. The number of anilines is 4. The second kappa shape index (κ2) is 40.1. The highest BCUT2D eigenvalue weighted by Gasteiger charge is 2.33. The number of benzene rings is 4. The number of pyridine rings is 4. The molecule has 0 unspecified atom stereocenters. The molecule has 0 aliphatic carbocycles. The summed E-state index contributed by atoms with van der Waals surface area (Å²) in [5, 5.41) is 2.77. The fourth-order valence-electron chi connectivity index (χ4n) is 15.4. The van der Waals surface area contributed by atoms with Gasteiger partial charge in [-0.2, -0.15) is 0 Å². The van der Waals surface area contributed by atoms with Crippen LogP contribution in [-0.4, -0.2) is 122 Å². The van der Waals surface area contributed by atoms with Crippen molar-refractivity contribution in [1.82, 2.24) is 82.3 Å². The summed E-state index contributed by atoms with van der Waals surface area (Å²) in [5.74, 6) is 5.37. The first-order chi connectivity index (χ1) is 61.5. The molecule has 25 nitrogen and oxygen atoms in total. The molecule has 8 N–H and O–H groups in total. The predicted molar refractivity (Wildman–Crippen MR) is 521 cm³/mol. The molecule has 4 aromatic carbocycles. The number of halogens is 9. The van der Waals surface area contributed by atoms with E-state index in [2.05, 4.69) is 84.3 Å². The van der Waals surface area contributed by atoms with Crippen molar-refractivity contribution >= 4 is 148 Å². The zero-order valence-corrected chi connectivity index (χ0v) is 80.9. The lowest BCUT2D eigenvalue weighted by Crippen LogP contribution is -2.13.